The van der Waals surface area contributed by atoms with Gasteiger partial charge in [0, 0.05) is 0 Å². The Balaban J connectivity index is 3.78. The minimum absolute atomic E-state index is 0.313. The van der Waals surface area contributed by atoms with Crippen molar-refractivity contribution in [3.8, 4) is 0 Å². The molecular formula is C6H13NO4. The summed E-state index contributed by atoms with van der Waals surface area (Å²) in [5.74, 6) is 0. The number of hydrogen-bond donors (Lipinski definition) is 3. The lowest BCUT2D eigenvalue weighted by atomic mass is 10.2. The molecule has 0 radical (unpaired) electrons. The normalized spacial score (nSPS) is 15.3. The summed E-state index contributed by atoms with van der Waals surface area (Å²) in [6.45, 7) is 1.16. The maximum Gasteiger partial charge on any atom is 0.407 e. The van der Waals surface area contributed by atoms with Crippen LogP contribution in [0.15, 0.2) is 0 Å². The Morgan fingerprint density at radius 2 is 2.27 bits per heavy atom. The van der Waals surface area contributed by atoms with Crippen LogP contribution in [0.25, 0.3) is 0 Å². The van der Waals surface area contributed by atoms with Crippen molar-refractivity contribution in [2.45, 2.75) is 19.1 Å². The van der Waals surface area contributed by atoms with Gasteiger partial charge in [-0.1, -0.05) is 0 Å². The van der Waals surface area contributed by atoms with Crippen molar-refractivity contribution in [1.29, 1.82) is 0 Å². The molecule has 0 unspecified atom stereocenters. The molecule has 0 aliphatic heterocycles. The molecule has 1 amide bonds. The molecule has 0 heterocycles. The summed E-state index contributed by atoms with van der Waals surface area (Å²) in [6.07, 6.45) is -1.45. The van der Waals surface area contributed by atoms with Crippen LogP contribution in [-0.2, 0) is 4.74 Å². The Kier molecular flexibility index (Phi) is 4.56. The van der Waals surface area contributed by atoms with Gasteiger partial charge >= 0.3 is 6.09 Å². The van der Waals surface area contributed by atoms with Crippen LogP contribution >= 0.6 is 0 Å². The molecule has 0 fully saturated rings. The molecular weight excluding hydrogens is 150 g/mol. The Hall–Kier alpha value is -0.810. The zero-order valence-corrected chi connectivity index (χ0v) is 6.57. The standard InChI is InChI=1S/C6H13NO4/c1-4(9)5(3-8)7-6(10)11-2/h4-5,8-9H,3H2,1-2H3,(H,7,10)/t4-,5-/m1/s1. The fraction of sp³-hybridized carbons (Fsp3) is 0.833. The summed E-state index contributed by atoms with van der Waals surface area (Å²) in [7, 11) is 1.21. The number of aliphatic hydroxyl groups is 2. The predicted molar refractivity (Wildman–Crippen MR) is 38.1 cm³/mol. The second kappa shape index (κ2) is 4.92. The lowest BCUT2D eigenvalue weighted by Gasteiger charge is -2.17. The Bertz CT molecular complexity index is 126. The van der Waals surface area contributed by atoms with Gasteiger partial charge < -0.3 is 20.3 Å². The van der Waals surface area contributed by atoms with Gasteiger partial charge in [-0.3, -0.25) is 0 Å². The fourth-order valence-corrected chi connectivity index (χ4v) is 0.529. The van der Waals surface area contributed by atoms with E-state index < -0.39 is 18.2 Å². The second-order valence-electron chi connectivity index (χ2n) is 2.17. The highest BCUT2D eigenvalue weighted by atomic mass is 16.5. The van der Waals surface area contributed by atoms with E-state index in [1.807, 2.05) is 0 Å². The number of carbonyl (C=O) groups excluding carboxylic acids is 1. The molecule has 66 valence electrons. The summed E-state index contributed by atoms with van der Waals surface area (Å²) >= 11 is 0. The van der Waals surface area contributed by atoms with E-state index in [9.17, 15) is 4.79 Å². The first-order valence-corrected chi connectivity index (χ1v) is 3.25. The molecule has 0 aromatic heterocycles. The topological polar surface area (TPSA) is 78.8 Å². The number of nitrogens with one attached hydrogen (secondary N) is 1. The van der Waals surface area contributed by atoms with Gasteiger partial charge in [0.25, 0.3) is 0 Å². The fourth-order valence-electron chi connectivity index (χ4n) is 0.529. The van der Waals surface area contributed by atoms with E-state index >= 15 is 0 Å². The minimum atomic E-state index is -0.793. The predicted octanol–water partition coefficient (Wildman–Crippen LogP) is -0.916. The molecule has 0 saturated carbocycles. The molecule has 0 spiro atoms. The number of ether oxygens (including phenoxy) is 1. The van der Waals surface area contributed by atoms with Gasteiger partial charge in [-0.2, -0.15) is 0 Å². The van der Waals surface area contributed by atoms with Gasteiger partial charge in [-0.15, -0.1) is 0 Å². The van der Waals surface area contributed by atoms with E-state index in [1.165, 1.54) is 14.0 Å². The number of hydrogen-bond acceptors (Lipinski definition) is 4. The average Bonchev–Trinajstić information content (AvgIpc) is 1.99. The van der Waals surface area contributed by atoms with Crippen molar-refractivity contribution in [2.24, 2.45) is 0 Å². The third-order valence-corrected chi connectivity index (χ3v) is 1.27. The smallest absolute Gasteiger partial charge is 0.407 e. The molecule has 5 nitrogen and oxygen atoms in total. The Labute approximate surface area is 65.0 Å². The summed E-state index contributed by atoms with van der Waals surface area (Å²) in [5, 5.41) is 19.8. The third kappa shape index (κ3) is 3.79. The maximum absolute atomic E-state index is 10.5. The molecule has 0 aliphatic rings. The van der Waals surface area contributed by atoms with Crippen LogP contribution in [0.5, 0.6) is 0 Å². The summed E-state index contributed by atoms with van der Waals surface area (Å²) in [6, 6.07) is -0.664. The lowest BCUT2D eigenvalue weighted by Crippen LogP contribution is -2.44. The van der Waals surface area contributed by atoms with Gasteiger partial charge in [-0.05, 0) is 6.92 Å². The van der Waals surface area contributed by atoms with E-state index in [1.54, 1.807) is 0 Å². The highest BCUT2D eigenvalue weighted by Crippen LogP contribution is 1.91. The molecule has 0 aromatic carbocycles. The van der Waals surface area contributed by atoms with Gasteiger partial charge in [0.15, 0.2) is 0 Å². The first-order chi connectivity index (χ1) is 5.11. The Morgan fingerprint density at radius 1 is 1.73 bits per heavy atom. The number of aliphatic hydroxyl groups excluding tert-OH is 2. The van der Waals surface area contributed by atoms with Crippen LogP contribution in [0.3, 0.4) is 0 Å². The summed E-state index contributed by atoms with van der Waals surface area (Å²) in [5.41, 5.74) is 0. The number of carbonyl (C=O) groups is 1. The van der Waals surface area contributed by atoms with Gasteiger partial charge in [0.05, 0.1) is 25.9 Å². The van der Waals surface area contributed by atoms with E-state index in [-0.39, 0.29) is 6.61 Å². The molecule has 0 bridgehead atoms. The molecule has 3 N–H and O–H groups in total. The molecule has 0 aromatic rings. The van der Waals surface area contributed by atoms with Crippen molar-refractivity contribution in [3.63, 3.8) is 0 Å². The van der Waals surface area contributed by atoms with Crippen LogP contribution in [-0.4, -0.2) is 42.2 Å². The summed E-state index contributed by atoms with van der Waals surface area (Å²) < 4.78 is 4.26. The van der Waals surface area contributed by atoms with Crippen LogP contribution in [0, 0.1) is 0 Å². The van der Waals surface area contributed by atoms with Crippen molar-refractivity contribution < 1.29 is 19.7 Å². The zero-order chi connectivity index (χ0) is 8.85. The first-order valence-electron chi connectivity index (χ1n) is 3.25. The Morgan fingerprint density at radius 3 is 2.55 bits per heavy atom. The SMILES string of the molecule is COC(=O)N[C@H](CO)[C@@H](C)O. The molecule has 2 atom stereocenters. The van der Waals surface area contributed by atoms with Crippen LogP contribution in [0.1, 0.15) is 6.92 Å². The summed E-state index contributed by atoms with van der Waals surface area (Å²) in [4.78, 5) is 10.5. The monoisotopic (exact) mass is 163 g/mol. The van der Waals surface area contributed by atoms with Crippen molar-refractivity contribution in [3.05, 3.63) is 0 Å². The highest BCUT2D eigenvalue weighted by Gasteiger charge is 2.15. The van der Waals surface area contributed by atoms with Gasteiger partial charge in [0.1, 0.15) is 0 Å². The van der Waals surface area contributed by atoms with Crippen molar-refractivity contribution >= 4 is 6.09 Å². The van der Waals surface area contributed by atoms with Gasteiger partial charge in [-0.25, -0.2) is 4.79 Å². The second-order valence-corrected chi connectivity index (χ2v) is 2.17. The van der Waals surface area contributed by atoms with E-state index in [0.29, 0.717) is 0 Å². The number of alkyl carbamates (subject to hydrolysis) is 1. The molecule has 0 rings (SSSR count). The quantitative estimate of drug-likeness (QED) is 0.503. The van der Waals surface area contributed by atoms with Gasteiger partial charge in [0.2, 0.25) is 0 Å². The average molecular weight is 163 g/mol. The first kappa shape index (κ1) is 10.2. The lowest BCUT2D eigenvalue weighted by molar-refractivity contribution is 0.0943. The van der Waals surface area contributed by atoms with Crippen molar-refractivity contribution in [2.75, 3.05) is 13.7 Å². The maximum atomic E-state index is 10.5. The molecule has 11 heavy (non-hydrogen) atoms. The minimum Gasteiger partial charge on any atom is -0.453 e. The highest BCUT2D eigenvalue weighted by molar-refractivity contribution is 5.67. The van der Waals surface area contributed by atoms with Crippen LogP contribution in [0.2, 0.25) is 0 Å². The largest absolute Gasteiger partial charge is 0.453 e. The van der Waals surface area contributed by atoms with E-state index in [0.717, 1.165) is 0 Å². The zero-order valence-electron chi connectivity index (χ0n) is 6.57. The molecule has 0 saturated heterocycles. The third-order valence-electron chi connectivity index (χ3n) is 1.27. The van der Waals surface area contributed by atoms with Crippen LogP contribution < -0.4 is 5.32 Å². The van der Waals surface area contributed by atoms with Crippen molar-refractivity contribution in [1.82, 2.24) is 5.32 Å². The number of amides is 1. The number of rotatable bonds is 3. The van der Waals surface area contributed by atoms with Crippen LogP contribution in [0.4, 0.5) is 4.79 Å². The number of methoxy groups -OCH3 is 1. The van der Waals surface area contributed by atoms with E-state index in [4.69, 9.17) is 10.2 Å². The molecule has 0 aliphatic carbocycles. The van der Waals surface area contributed by atoms with E-state index in [2.05, 4.69) is 10.1 Å². The molecule has 5 heteroatoms.